The fraction of sp³-hybridized carbons (Fsp3) is 0.100. The Morgan fingerprint density at radius 2 is 2.19 bits per heavy atom. The van der Waals surface area contributed by atoms with E-state index < -0.39 is 11.7 Å². The average Bonchev–Trinajstić information content (AvgIpc) is 2.23. The molecule has 0 aliphatic rings. The zero-order valence-corrected chi connectivity index (χ0v) is 9.51. The van der Waals surface area contributed by atoms with E-state index >= 15 is 0 Å². The molecule has 80 valence electrons. The summed E-state index contributed by atoms with van der Waals surface area (Å²) in [5.41, 5.74) is 0.183. The van der Waals surface area contributed by atoms with Gasteiger partial charge in [0, 0.05) is 0 Å². The normalized spacial score (nSPS) is 9.00. The summed E-state index contributed by atoms with van der Waals surface area (Å²) in [7, 11) is 0. The van der Waals surface area contributed by atoms with Crippen LogP contribution in [0.4, 0.5) is 10.1 Å². The van der Waals surface area contributed by atoms with Gasteiger partial charge in [-0.3, -0.25) is 4.79 Å². The number of halogens is 2. The first-order valence-corrected chi connectivity index (χ1v) is 4.93. The molecule has 0 saturated heterocycles. The van der Waals surface area contributed by atoms with E-state index in [0.717, 1.165) is 6.07 Å². The van der Waals surface area contributed by atoms with Crippen molar-refractivity contribution < 1.29 is 9.18 Å². The lowest BCUT2D eigenvalue weighted by Gasteiger charge is -2.06. The molecule has 0 atom stereocenters. The molecule has 0 aliphatic carbocycles. The Balaban J connectivity index is 3.05. The SMILES string of the molecule is N#CCC(=O)Nc1cc(Br)c(F)cc1C#N. The minimum Gasteiger partial charge on any atom is -0.324 e. The number of nitrogens with one attached hydrogen (secondary N) is 1. The van der Waals surface area contributed by atoms with Crippen LogP contribution in [0.3, 0.4) is 0 Å². The van der Waals surface area contributed by atoms with E-state index in [-0.39, 0.29) is 22.1 Å². The van der Waals surface area contributed by atoms with Crippen molar-refractivity contribution in [2.75, 3.05) is 5.32 Å². The number of carbonyl (C=O) groups excluding carboxylic acids is 1. The molecule has 1 aromatic carbocycles. The molecule has 0 fully saturated rings. The van der Waals surface area contributed by atoms with Crippen LogP contribution in [0, 0.1) is 28.5 Å². The van der Waals surface area contributed by atoms with Gasteiger partial charge in [-0.15, -0.1) is 0 Å². The first-order chi connectivity index (χ1) is 7.58. The van der Waals surface area contributed by atoms with Crippen LogP contribution < -0.4 is 5.32 Å². The van der Waals surface area contributed by atoms with Gasteiger partial charge in [-0.05, 0) is 28.1 Å². The van der Waals surface area contributed by atoms with E-state index in [2.05, 4.69) is 21.2 Å². The van der Waals surface area contributed by atoms with Gasteiger partial charge in [0.1, 0.15) is 18.3 Å². The van der Waals surface area contributed by atoms with Gasteiger partial charge >= 0.3 is 0 Å². The van der Waals surface area contributed by atoms with Crippen molar-refractivity contribution in [1.82, 2.24) is 0 Å². The third kappa shape index (κ3) is 2.78. The summed E-state index contributed by atoms with van der Waals surface area (Å²) in [5, 5.41) is 19.4. The number of anilines is 1. The summed E-state index contributed by atoms with van der Waals surface area (Å²) in [5.74, 6) is -1.13. The molecule has 1 N–H and O–H groups in total. The van der Waals surface area contributed by atoms with Crippen LogP contribution in [0.25, 0.3) is 0 Å². The summed E-state index contributed by atoms with van der Waals surface area (Å²) in [6.45, 7) is 0. The Morgan fingerprint density at radius 1 is 1.50 bits per heavy atom. The van der Waals surface area contributed by atoms with Crippen molar-refractivity contribution in [1.29, 1.82) is 10.5 Å². The number of hydrogen-bond donors (Lipinski definition) is 1. The highest BCUT2D eigenvalue weighted by Crippen LogP contribution is 2.24. The Labute approximate surface area is 99.4 Å². The minimum atomic E-state index is -0.588. The van der Waals surface area contributed by atoms with E-state index in [1.165, 1.54) is 6.07 Å². The molecule has 0 spiro atoms. The number of benzene rings is 1. The Kier molecular flexibility index (Phi) is 3.98. The molecule has 1 aromatic rings. The molecule has 0 saturated carbocycles. The quantitative estimate of drug-likeness (QED) is 0.904. The predicted molar refractivity (Wildman–Crippen MR) is 57.7 cm³/mol. The molecule has 0 heterocycles. The van der Waals surface area contributed by atoms with Crippen LogP contribution in [0.15, 0.2) is 16.6 Å². The number of carbonyl (C=O) groups is 1. The molecule has 0 unspecified atom stereocenters. The van der Waals surface area contributed by atoms with Crippen molar-refractivity contribution >= 4 is 27.5 Å². The maximum Gasteiger partial charge on any atom is 0.238 e. The summed E-state index contributed by atoms with van der Waals surface area (Å²) in [6.07, 6.45) is -0.320. The van der Waals surface area contributed by atoms with E-state index in [1.54, 1.807) is 12.1 Å². The first kappa shape index (κ1) is 12.2. The molecule has 6 heteroatoms. The zero-order valence-electron chi connectivity index (χ0n) is 7.92. The van der Waals surface area contributed by atoms with Crippen molar-refractivity contribution in [3.05, 3.63) is 28.0 Å². The van der Waals surface area contributed by atoms with E-state index in [1.807, 2.05) is 0 Å². The van der Waals surface area contributed by atoms with Gasteiger partial charge in [-0.1, -0.05) is 0 Å². The second-order valence-electron chi connectivity index (χ2n) is 2.81. The zero-order chi connectivity index (χ0) is 12.1. The molecule has 0 aromatic heterocycles. The molecular formula is C10H5BrFN3O. The van der Waals surface area contributed by atoms with Crippen molar-refractivity contribution in [2.45, 2.75) is 6.42 Å². The van der Waals surface area contributed by atoms with Crippen molar-refractivity contribution in [3.63, 3.8) is 0 Å². The van der Waals surface area contributed by atoms with Gasteiger partial charge in [0.2, 0.25) is 5.91 Å². The summed E-state index contributed by atoms with van der Waals surface area (Å²) in [4.78, 5) is 11.1. The van der Waals surface area contributed by atoms with Crippen molar-refractivity contribution in [2.24, 2.45) is 0 Å². The number of amides is 1. The van der Waals surface area contributed by atoms with Crippen LogP contribution in [-0.2, 0) is 4.79 Å². The highest BCUT2D eigenvalue weighted by Gasteiger charge is 2.10. The van der Waals surface area contributed by atoms with Gasteiger partial charge in [0.25, 0.3) is 0 Å². The van der Waals surface area contributed by atoms with Crippen LogP contribution in [0.5, 0.6) is 0 Å². The lowest BCUT2D eigenvalue weighted by atomic mass is 10.2. The van der Waals surface area contributed by atoms with Gasteiger partial charge in [-0.25, -0.2) is 4.39 Å². The molecule has 4 nitrogen and oxygen atoms in total. The van der Waals surface area contributed by atoms with Crippen LogP contribution >= 0.6 is 15.9 Å². The smallest absolute Gasteiger partial charge is 0.238 e. The van der Waals surface area contributed by atoms with Crippen LogP contribution in [0.1, 0.15) is 12.0 Å². The highest BCUT2D eigenvalue weighted by molar-refractivity contribution is 9.10. The third-order valence-corrected chi connectivity index (χ3v) is 2.30. The van der Waals surface area contributed by atoms with Gasteiger partial charge in [0.05, 0.1) is 21.8 Å². The minimum absolute atomic E-state index is 0.00647. The summed E-state index contributed by atoms with van der Waals surface area (Å²) >= 11 is 2.94. The average molecular weight is 282 g/mol. The second-order valence-corrected chi connectivity index (χ2v) is 3.66. The van der Waals surface area contributed by atoms with Crippen LogP contribution in [0.2, 0.25) is 0 Å². The topological polar surface area (TPSA) is 76.7 Å². The molecule has 0 aliphatic heterocycles. The lowest BCUT2D eigenvalue weighted by molar-refractivity contribution is -0.115. The highest BCUT2D eigenvalue weighted by atomic mass is 79.9. The summed E-state index contributed by atoms with van der Waals surface area (Å²) in [6, 6.07) is 5.71. The molecule has 0 bridgehead atoms. The molecule has 1 amide bonds. The fourth-order valence-corrected chi connectivity index (χ4v) is 1.35. The van der Waals surface area contributed by atoms with Gasteiger partial charge in [-0.2, -0.15) is 10.5 Å². The maximum atomic E-state index is 13.1. The Bertz CT molecular complexity index is 516. The Hall–Kier alpha value is -1.92. The third-order valence-electron chi connectivity index (χ3n) is 1.69. The van der Waals surface area contributed by atoms with E-state index in [0.29, 0.717) is 0 Å². The van der Waals surface area contributed by atoms with Crippen molar-refractivity contribution in [3.8, 4) is 12.1 Å². The molecule has 16 heavy (non-hydrogen) atoms. The summed E-state index contributed by atoms with van der Waals surface area (Å²) < 4.78 is 13.2. The van der Waals surface area contributed by atoms with E-state index in [9.17, 15) is 9.18 Å². The molecular weight excluding hydrogens is 277 g/mol. The number of hydrogen-bond acceptors (Lipinski definition) is 3. The van der Waals surface area contributed by atoms with E-state index in [4.69, 9.17) is 10.5 Å². The van der Waals surface area contributed by atoms with Crippen LogP contribution in [-0.4, -0.2) is 5.91 Å². The number of nitrogens with zero attached hydrogens (tertiary/aromatic N) is 2. The van der Waals surface area contributed by atoms with Gasteiger partial charge in [0.15, 0.2) is 0 Å². The number of rotatable bonds is 2. The Morgan fingerprint density at radius 3 is 2.75 bits per heavy atom. The molecule has 0 radical (unpaired) electrons. The standard InChI is InChI=1S/C10H5BrFN3O/c11-7-4-9(15-10(16)1-2-13)6(5-14)3-8(7)12/h3-4H,1H2,(H,15,16). The number of nitriles is 2. The second kappa shape index (κ2) is 5.24. The molecule has 1 rings (SSSR count). The predicted octanol–water partition coefficient (Wildman–Crippen LogP) is 2.31. The van der Waals surface area contributed by atoms with Gasteiger partial charge < -0.3 is 5.32 Å². The first-order valence-electron chi connectivity index (χ1n) is 4.14. The lowest BCUT2D eigenvalue weighted by Crippen LogP contribution is -2.11. The fourth-order valence-electron chi connectivity index (χ4n) is 1.01. The monoisotopic (exact) mass is 281 g/mol. The maximum absolute atomic E-state index is 13.1. The largest absolute Gasteiger partial charge is 0.324 e.